The Hall–Kier alpha value is -1.56. The van der Waals surface area contributed by atoms with Gasteiger partial charge in [0.15, 0.2) is 0 Å². The third-order valence-corrected chi connectivity index (χ3v) is 3.55. The van der Waals surface area contributed by atoms with Gasteiger partial charge in [0.1, 0.15) is 0 Å². The van der Waals surface area contributed by atoms with Gasteiger partial charge in [-0.2, -0.15) is 0 Å². The van der Waals surface area contributed by atoms with Crippen molar-refractivity contribution in [2.75, 3.05) is 44.7 Å². The average Bonchev–Trinajstić information content (AvgIpc) is 2.93. The van der Waals surface area contributed by atoms with E-state index in [9.17, 15) is 4.79 Å². The van der Waals surface area contributed by atoms with Crippen molar-refractivity contribution in [1.82, 2.24) is 14.5 Å². The predicted molar refractivity (Wildman–Crippen MR) is 73.2 cm³/mol. The molecule has 0 N–H and O–H groups in total. The second kappa shape index (κ2) is 6.56. The second-order valence-electron chi connectivity index (χ2n) is 4.67. The van der Waals surface area contributed by atoms with E-state index in [1.54, 1.807) is 0 Å². The third kappa shape index (κ3) is 3.47. The Morgan fingerprint density at radius 3 is 2.74 bits per heavy atom. The van der Waals surface area contributed by atoms with Gasteiger partial charge >= 0.3 is 5.97 Å². The maximum atomic E-state index is 11.1. The van der Waals surface area contributed by atoms with E-state index in [1.165, 1.54) is 7.11 Å². The Balaban J connectivity index is 1.81. The van der Waals surface area contributed by atoms with Crippen molar-refractivity contribution in [2.45, 2.75) is 19.9 Å². The number of rotatable bonds is 5. The van der Waals surface area contributed by atoms with Crippen LogP contribution in [0.25, 0.3) is 0 Å². The monoisotopic (exact) mass is 266 g/mol. The molecule has 1 aliphatic rings. The summed E-state index contributed by atoms with van der Waals surface area (Å²) in [5.41, 5.74) is 0. The van der Waals surface area contributed by atoms with Gasteiger partial charge < -0.3 is 14.2 Å². The van der Waals surface area contributed by atoms with Crippen LogP contribution in [-0.2, 0) is 16.1 Å². The zero-order valence-corrected chi connectivity index (χ0v) is 11.7. The average molecular weight is 266 g/mol. The fraction of sp³-hybridized carbons (Fsp3) is 0.692. The van der Waals surface area contributed by atoms with Crippen LogP contribution in [-0.4, -0.2) is 60.3 Å². The summed E-state index contributed by atoms with van der Waals surface area (Å²) >= 11 is 0. The number of hydrogen-bond acceptors (Lipinski definition) is 5. The zero-order chi connectivity index (χ0) is 13.7. The first kappa shape index (κ1) is 13.9. The Morgan fingerprint density at radius 1 is 1.37 bits per heavy atom. The molecule has 6 nitrogen and oxygen atoms in total. The van der Waals surface area contributed by atoms with E-state index < -0.39 is 0 Å². The van der Waals surface area contributed by atoms with Gasteiger partial charge in [0.2, 0.25) is 5.95 Å². The van der Waals surface area contributed by atoms with Crippen molar-refractivity contribution in [3.05, 3.63) is 12.4 Å². The molecule has 0 aliphatic carbocycles. The third-order valence-electron chi connectivity index (χ3n) is 3.55. The molecule has 2 heterocycles. The van der Waals surface area contributed by atoms with Crippen LogP contribution >= 0.6 is 0 Å². The van der Waals surface area contributed by atoms with Crippen LogP contribution in [0, 0.1) is 0 Å². The van der Waals surface area contributed by atoms with Crippen molar-refractivity contribution in [3.8, 4) is 0 Å². The number of nitrogens with zero attached hydrogens (tertiary/aromatic N) is 4. The van der Waals surface area contributed by atoms with Gasteiger partial charge in [0.25, 0.3) is 0 Å². The number of hydrogen-bond donors (Lipinski definition) is 0. The first-order valence-corrected chi connectivity index (χ1v) is 6.80. The quantitative estimate of drug-likeness (QED) is 0.730. The van der Waals surface area contributed by atoms with E-state index in [-0.39, 0.29) is 5.97 Å². The number of piperazine rings is 1. The van der Waals surface area contributed by atoms with Gasteiger partial charge in [-0.25, -0.2) is 4.98 Å². The SMILES string of the molecule is CCn1ccnc1N1CCN(CCC(=O)OC)CC1. The Morgan fingerprint density at radius 2 is 2.11 bits per heavy atom. The molecular weight excluding hydrogens is 244 g/mol. The normalized spacial score (nSPS) is 16.6. The van der Waals surface area contributed by atoms with Gasteiger partial charge in [-0.05, 0) is 6.92 Å². The van der Waals surface area contributed by atoms with Gasteiger partial charge in [0.05, 0.1) is 13.5 Å². The lowest BCUT2D eigenvalue weighted by Crippen LogP contribution is -2.47. The molecule has 106 valence electrons. The molecule has 0 saturated carbocycles. The van der Waals surface area contributed by atoms with Gasteiger partial charge in [-0.1, -0.05) is 0 Å². The van der Waals surface area contributed by atoms with E-state index in [4.69, 9.17) is 0 Å². The molecule has 0 aromatic carbocycles. The molecule has 0 radical (unpaired) electrons. The molecule has 0 atom stereocenters. The highest BCUT2D eigenvalue weighted by Gasteiger charge is 2.20. The standard InChI is InChI=1S/C13H22N4O2/c1-3-16-7-5-14-13(16)17-10-8-15(9-11-17)6-4-12(18)19-2/h5,7H,3-4,6,8-11H2,1-2H3. The van der Waals surface area contributed by atoms with Gasteiger partial charge in [-0.3, -0.25) is 9.69 Å². The lowest BCUT2D eigenvalue weighted by Gasteiger charge is -2.35. The molecule has 2 rings (SSSR count). The largest absolute Gasteiger partial charge is 0.469 e. The summed E-state index contributed by atoms with van der Waals surface area (Å²) in [4.78, 5) is 20.1. The van der Waals surface area contributed by atoms with Crippen LogP contribution in [0.2, 0.25) is 0 Å². The van der Waals surface area contributed by atoms with Crippen molar-refractivity contribution in [2.24, 2.45) is 0 Å². The molecule has 1 saturated heterocycles. The summed E-state index contributed by atoms with van der Waals surface area (Å²) in [6.07, 6.45) is 4.33. The fourth-order valence-electron chi connectivity index (χ4n) is 2.35. The minimum atomic E-state index is -0.135. The number of aromatic nitrogens is 2. The first-order valence-electron chi connectivity index (χ1n) is 6.80. The molecule has 1 fully saturated rings. The van der Waals surface area contributed by atoms with Crippen molar-refractivity contribution < 1.29 is 9.53 Å². The number of aryl methyl sites for hydroxylation is 1. The lowest BCUT2D eigenvalue weighted by atomic mass is 10.3. The summed E-state index contributed by atoms with van der Waals surface area (Å²) in [6.45, 7) is 7.69. The molecule has 0 bridgehead atoms. The number of ether oxygens (including phenoxy) is 1. The summed E-state index contributed by atoms with van der Waals surface area (Å²) in [7, 11) is 1.44. The number of carbonyl (C=O) groups is 1. The highest BCUT2D eigenvalue weighted by molar-refractivity contribution is 5.69. The topological polar surface area (TPSA) is 50.6 Å². The minimum Gasteiger partial charge on any atom is -0.469 e. The summed E-state index contributed by atoms with van der Waals surface area (Å²) < 4.78 is 6.82. The van der Waals surface area contributed by atoms with E-state index in [0.29, 0.717) is 6.42 Å². The van der Waals surface area contributed by atoms with E-state index in [0.717, 1.165) is 45.2 Å². The molecule has 0 unspecified atom stereocenters. The predicted octanol–water partition coefficient (Wildman–Crippen LogP) is 0.588. The number of methoxy groups -OCH3 is 1. The highest BCUT2D eigenvalue weighted by atomic mass is 16.5. The maximum Gasteiger partial charge on any atom is 0.306 e. The Labute approximate surface area is 114 Å². The summed E-state index contributed by atoms with van der Waals surface area (Å²) in [5, 5.41) is 0. The maximum absolute atomic E-state index is 11.1. The van der Waals surface area contributed by atoms with Crippen LogP contribution in [0.3, 0.4) is 0 Å². The van der Waals surface area contributed by atoms with Gasteiger partial charge in [-0.15, -0.1) is 0 Å². The van der Waals surface area contributed by atoms with Crippen LogP contribution in [0.5, 0.6) is 0 Å². The number of esters is 1. The molecule has 6 heteroatoms. The van der Waals surface area contributed by atoms with Crippen LogP contribution in [0.1, 0.15) is 13.3 Å². The Bertz CT molecular complexity index is 411. The number of carbonyl (C=O) groups excluding carboxylic acids is 1. The van der Waals surface area contributed by atoms with E-state index in [1.807, 2.05) is 12.4 Å². The summed E-state index contributed by atoms with van der Waals surface area (Å²) in [6, 6.07) is 0. The Kier molecular flexibility index (Phi) is 4.79. The zero-order valence-electron chi connectivity index (χ0n) is 11.7. The number of anilines is 1. The molecule has 0 spiro atoms. The highest BCUT2D eigenvalue weighted by Crippen LogP contribution is 2.14. The molecule has 0 amide bonds. The minimum absolute atomic E-state index is 0.135. The molecule has 1 aliphatic heterocycles. The van der Waals surface area contributed by atoms with Crippen LogP contribution in [0.15, 0.2) is 12.4 Å². The van der Waals surface area contributed by atoms with E-state index in [2.05, 4.69) is 31.0 Å². The van der Waals surface area contributed by atoms with Crippen LogP contribution < -0.4 is 4.90 Å². The lowest BCUT2D eigenvalue weighted by molar-refractivity contribution is -0.141. The van der Waals surface area contributed by atoms with Crippen molar-refractivity contribution in [1.29, 1.82) is 0 Å². The van der Waals surface area contributed by atoms with Gasteiger partial charge in [0, 0.05) is 51.7 Å². The fourth-order valence-corrected chi connectivity index (χ4v) is 2.35. The van der Waals surface area contributed by atoms with Crippen molar-refractivity contribution in [3.63, 3.8) is 0 Å². The van der Waals surface area contributed by atoms with Crippen LogP contribution in [0.4, 0.5) is 5.95 Å². The number of imidazole rings is 1. The van der Waals surface area contributed by atoms with E-state index >= 15 is 0 Å². The van der Waals surface area contributed by atoms with Crippen molar-refractivity contribution >= 4 is 11.9 Å². The summed E-state index contributed by atoms with van der Waals surface area (Å²) in [5.74, 6) is 0.916. The molecule has 1 aromatic rings. The molecule has 19 heavy (non-hydrogen) atoms. The first-order chi connectivity index (χ1) is 9.24. The smallest absolute Gasteiger partial charge is 0.306 e. The molecule has 1 aromatic heterocycles. The second-order valence-corrected chi connectivity index (χ2v) is 4.67. The molecular formula is C13H22N4O2.